The van der Waals surface area contributed by atoms with E-state index in [1.807, 2.05) is 0 Å². The standard InChI is InChI=1S/C13H25NO2/c1-3-4-5-6-7-8-9-13(2)10-11-14(13)12(15)16/h3-11H2,1-2H3,(H,15,16). The quantitative estimate of drug-likeness (QED) is 0.670. The highest BCUT2D eigenvalue weighted by Crippen LogP contribution is 2.35. The summed E-state index contributed by atoms with van der Waals surface area (Å²) >= 11 is 0. The number of carboxylic acid groups (broad SMARTS) is 1. The topological polar surface area (TPSA) is 40.5 Å². The second-order valence-electron chi connectivity index (χ2n) is 5.20. The Balaban J connectivity index is 2.10. The zero-order chi connectivity index (χ0) is 12.0. The third kappa shape index (κ3) is 3.39. The van der Waals surface area contributed by atoms with Crippen molar-refractivity contribution < 1.29 is 9.90 Å². The maximum absolute atomic E-state index is 10.9. The van der Waals surface area contributed by atoms with Gasteiger partial charge in [0.05, 0.1) is 0 Å². The smallest absolute Gasteiger partial charge is 0.407 e. The number of unbranched alkanes of at least 4 members (excludes halogenated alkanes) is 5. The maximum Gasteiger partial charge on any atom is 0.407 e. The molecule has 1 atom stereocenters. The number of nitrogens with zero attached hydrogens (tertiary/aromatic N) is 1. The summed E-state index contributed by atoms with van der Waals surface area (Å²) in [6.07, 6.45) is 8.99. The van der Waals surface area contributed by atoms with Gasteiger partial charge in [0.1, 0.15) is 0 Å². The SMILES string of the molecule is CCCCCCCCC1(C)CCN1C(=O)O. The predicted octanol–water partition coefficient (Wildman–Crippen LogP) is 3.88. The van der Waals surface area contributed by atoms with E-state index in [9.17, 15) is 4.79 Å². The van der Waals surface area contributed by atoms with Gasteiger partial charge in [-0.25, -0.2) is 4.79 Å². The molecular formula is C13H25NO2. The van der Waals surface area contributed by atoms with Gasteiger partial charge in [-0.3, -0.25) is 0 Å². The number of rotatable bonds is 7. The van der Waals surface area contributed by atoms with Crippen LogP contribution in [0.5, 0.6) is 0 Å². The molecule has 0 aromatic heterocycles. The van der Waals surface area contributed by atoms with Crippen molar-refractivity contribution in [2.24, 2.45) is 0 Å². The Kier molecular flexibility index (Phi) is 5.10. The molecule has 1 fully saturated rings. The summed E-state index contributed by atoms with van der Waals surface area (Å²) < 4.78 is 0. The minimum absolute atomic E-state index is 0.0589. The fourth-order valence-electron chi connectivity index (χ4n) is 2.48. The monoisotopic (exact) mass is 227 g/mol. The van der Waals surface area contributed by atoms with Crippen molar-refractivity contribution in [2.75, 3.05) is 6.54 Å². The Labute approximate surface area is 98.8 Å². The van der Waals surface area contributed by atoms with Crippen LogP contribution in [0.25, 0.3) is 0 Å². The summed E-state index contributed by atoms with van der Waals surface area (Å²) in [4.78, 5) is 12.5. The summed E-state index contributed by atoms with van der Waals surface area (Å²) in [5.41, 5.74) is -0.0589. The molecule has 94 valence electrons. The summed E-state index contributed by atoms with van der Waals surface area (Å²) in [6, 6.07) is 0. The molecule has 0 aromatic rings. The van der Waals surface area contributed by atoms with Crippen LogP contribution >= 0.6 is 0 Å². The van der Waals surface area contributed by atoms with E-state index < -0.39 is 6.09 Å². The molecule has 0 aliphatic carbocycles. The van der Waals surface area contributed by atoms with Crippen molar-refractivity contribution in [1.82, 2.24) is 4.90 Å². The zero-order valence-corrected chi connectivity index (χ0v) is 10.7. The van der Waals surface area contributed by atoms with Gasteiger partial charge < -0.3 is 10.0 Å². The van der Waals surface area contributed by atoms with E-state index >= 15 is 0 Å². The van der Waals surface area contributed by atoms with Crippen LogP contribution in [0.1, 0.15) is 65.2 Å². The third-order valence-corrected chi connectivity index (χ3v) is 3.83. The molecule has 0 radical (unpaired) electrons. The van der Waals surface area contributed by atoms with Crippen molar-refractivity contribution >= 4 is 6.09 Å². The van der Waals surface area contributed by atoms with Crippen molar-refractivity contribution in [1.29, 1.82) is 0 Å². The van der Waals surface area contributed by atoms with Crippen LogP contribution in [0, 0.1) is 0 Å². The van der Waals surface area contributed by atoms with Gasteiger partial charge in [0, 0.05) is 12.1 Å². The van der Waals surface area contributed by atoms with E-state index in [-0.39, 0.29) is 5.54 Å². The lowest BCUT2D eigenvalue weighted by atomic mass is 9.82. The molecule has 16 heavy (non-hydrogen) atoms. The van der Waals surface area contributed by atoms with Gasteiger partial charge in [-0.05, 0) is 19.8 Å². The Morgan fingerprint density at radius 2 is 1.88 bits per heavy atom. The lowest BCUT2D eigenvalue weighted by Gasteiger charge is -2.49. The molecule has 1 aliphatic heterocycles. The van der Waals surface area contributed by atoms with E-state index in [1.165, 1.54) is 38.5 Å². The lowest BCUT2D eigenvalue weighted by Crippen LogP contribution is -2.59. The fourth-order valence-corrected chi connectivity index (χ4v) is 2.48. The van der Waals surface area contributed by atoms with Gasteiger partial charge in [-0.1, -0.05) is 45.4 Å². The van der Waals surface area contributed by atoms with Crippen molar-refractivity contribution in [3.05, 3.63) is 0 Å². The van der Waals surface area contributed by atoms with Crippen molar-refractivity contribution in [3.8, 4) is 0 Å². The Bertz CT molecular complexity index is 230. The highest BCUT2D eigenvalue weighted by Gasteiger charge is 2.42. The molecule has 0 saturated carbocycles. The first kappa shape index (κ1) is 13.3. The average Bonchev–Trinajstić information content (AvgIpc) is 2.20. The second-order valence-corrected chi connectivity index (χ2v) is 5.20. The molecule has 1 saturated heterocycles. The lowest BCUT2D eigenvalue weighted by molar-refractivity contribution is 0.00534. The molecule has 1 unspecified atom stereocenters. The molecule has 0 bridgehead atoms. The highest BCUT2D eigenvalue weighted by molar-refractivity contribution is 5.67. The van der Waals surface area contributed by atoms with Crippen molar-refractivity contribution in [2.45, 2.75) is 70.8 Å². The summed E-state index contributed by atoms with van der Waals surface area (Å²) in [6.45, 7) is 5.03. The van der Waals surface area contributed by atoms with Crippen LogP contribution in [-0.2, 0) is 0 Å². The molecule has 0 aromatic carbocycles. The molecule has 1 amide bonds. The molecule has 1 heterocycles. The summed E-state index contributed by atoms with van der Waals surface area (Å²) in [7, 11) is 0. The van der Waals surface area contributed by atoms with Crippen LogP contribution in [0.3, 0.4) is 0 Å². The fraction of sp³-hybridized carbons (Fsp3) is 0.923. The van der Waals surface area contributed by atoms with E-state index in [1.54, 1.807) is 4.90 Å². The van der Waals surface area contributed by atoms with E-state index in [2.05, 4.69) is 13.8 Å². The van der Waals surface area contributed by atoms with Crippen LogP contribution < -0.4 is 0 Å². The van der Waals surface area contributed by atoms with Gasteiger partial charge in [0.15, 0.2) is 0 Å². The van der Waals surface area contributed by atoms with E-state index in [0.29, 0.717) is 0 Å². The normalized spacial score (nSPS) is 24.2. The first-order chi connectivity index (χ1) is 7.60. The average molecular weight is 227 g/mol. The molecule has 0 spiro atoms. The van der Waals surface area contributed by atoms with Crippen LogP contribution in [0.15, 0.2) is 0 Å². The zero-order valence-electron chi connectivity index (χ0n) is 10.7. The third-order valence-electron chi connectivity index (χ3n) is 3.83. The molecule has 3 nitrogen and oxygen atoms in total. The number of carbonyl (C=O) groups is 1. The largest absolute Gasteiger partial charge is 0.465 e. The Morgan fingerprint density at radius 3 is 2.38 bits per heavy atom. The first-order valence-corrected chi connectivity index (χ1v) is 6.61. The second kappa shape index (κ2) is 6.12. The van der Waals surface area contributed by atoms with Gasteiger partial charge in [0.2, 0.25) is 0 Å². The minimum Gasteiger partial charge on any atom is -0.465 e. The van der Waals surface area contributed by atoms with Crippen LogP contribution in [0.4, 0.5) is 4.79 Å². The number of amides is 1. The van der Waals surface area contributed by atoms with Crippen molar-refractivity contribution in [3.63, 3.8) is 0 Å². The van der Waals surface area contributed by atoms with Gasteiger partial charge >= 0.3 is 6.09 Å². The number of likely N-dealkylation sites (tertiary alicyclic amines) is 1. The predicted molar refractivity (Wildman–Crippen MR) is 65.7 cm³/mol. The van der Waals surface area contributed by atoms with E-state index in [4.69, 9.17) is 5.11 Å². The highest BCUT2D eigenvalue weighted by atomic mass is 16.4. The molecular weight excluding hydrogens is 202 g/mol. The first-order valence-electron chi connectivity index (χ1n) is 6.61. The molecule has 1 N–H and O–H groups in total. The summed E-state index contributed by atoms with van der Waals surface area (Å²) in [5.74, 6) is 0. The Hall–Kier alpha value is -0.730. The number of hydrogen-bond acceptors (Lipinski definition) is 1. The summed E-state index contributed by atoms with van der Waals surface area (Å²) in [5, 5.41) is 8.97. The van der Waals surface area contributed by atoms with Gasteiger partial charge in [-0.2, -0.15) is 0 Å². The molecule has 1 rings (SSSR count). The molecule has 1 aliphatic rings. The molecule has 3 heteroatoms. The van der Waals surface area contributed by atoms with Gasteiger partial charge in [-0.15, -0.1) is 0 Å². The Morgan fingerprint density at radius 1 is 1.25 bits per heavy atom. The minimum atomic E-state index is -0.750. The van der Waals surface area contributed by atoms with Gasteiger partial charge in [0.25, 0.3) is 0 Å². The van der Waals surface area contributed by atoms with E-state index in [0.717, 1.165) is 19.4 Å². The number of hydrogen-bond donors (Lipinski definition) is 1. The maximum atomic E-state index is 10.9. The van der Waals surface area contributed by atoms with Crippen LogP contribution in [0.2, 0.25) is 0 Å². The van der Waals surface area contributed by atoms with Crippen LogP contribution in [-0.4, -0.2) is 28.2 Å².